The van der Waals surface area contributed by atoms with Crippen molar-refractivity contribution >= 4 is 5.91 Å². The topological polar surface area (TPSA) is 29.5 Å². The second-order valence-corrected chi connectivity index (χ2v) is 5.27. The van der Waals surface area contributed by atoms with E-state index < -0.39 is 0 Å². The quantitative estimate of drug-likeness (QED) is 0.833. The van der Waals surface area contributed by atoms with Gasteiger partial charge in [-0.05, 0) is 52.2 Å². The second-order valence-electron chi connectivity index (χ2n) is 5.27. The third kappa shape index (κ3) is 2.91. The number of carbonyl (C=O) groups is 1. The molecule has 19 heavy (non-hydrogen) atoms. The Morgan fingerprint density at radius 1 is 1.26 bits per heavy atom. The van der Waals surface area contributed by atoms with E-state index in [-0.39, 0.29) is 5.91 Å². The Kier molecular flexibility index (Phi) is 4.46. The molecule has 0 spiro atoms. The Morgan fingerprint density at radius 2 is 1.89 bits per heavy atom. The van der Waals surface area contributed by atoms with Crippen molar-refractivity contribution in [1.82, 2.24) is 4.90 Å². The van der Waals surface area contributed by atoms with E-state index in [4.69, 9.17) is 4.74 Å². The Morgan fingerprint density at radius 3 is 2.53 bits per heavy atom. The van der Waals surface area contributed by atoms with Crippen molar-refractivity contribution in [3.05, 3.63) is 29.8 Å². The number of nitrogens with zero attached hydrogens (tertiary/aromatic N) is 1. The highest BCUT2D eigenvalue weighted by Gasteiger charge is 2.30. The molecule has 104 valence electrons. The predicted octanol–water partition coefficient (Wildman–Crippen LogP) is 3.49. The largest absolute Gasteiger partial charge is 0.493 e. The van der Waals surface area contributed by atoms with Gasteiger partial charge >= 0.3 is 0 Å². The van der Waals surface area contributed by atoms with Crippen LogP contribution in [0.4, 0.5) is 0 Å². The molecule has 0 saturated carbocycles. The maximum Gasteiger partial charge on any atom is 0.258 e. The first-order chi connectivity index (χ1) is 9.15. The van der Waals surface area contributed by atoms with Gasteiger partial charge < -0.3 is 9.64 Å². The highest BCUT2D eigenvalue weighted by atomic mass is 16.5. The molecule has 1 saturated heterocycles. The van der Waals surface area contributed by atoms with Crippen molar-refractivity contribution in [3.63, 3.8) is 0 Å². The first-order valence-electron chi connectivity index (χ1n) is 7.19. The Balaban J connectivity index is 2.27. The van der Waals surface area contributed by atoms with Gasteiger partial charge in [-0.3, -0.25) is 4.79 Å². The minimum atomic E-state index is 0.101. The van der Waals surface area contributed by atoms with Crippen LogP contribution >= 0.6 is 0 Å². The first-order valence-corrected chi connectivity index (χ1v) is 7.19. The zero-order valence-electron chi connectivity index (χ0n) is 12.1. The number of benzene rings is 1. The van der Waals surface area contributed by atoms with E-state index >= 15 is 0 Å². The Bertz CT molecular complexity index is 434. The summed E-state index contributed by atoms with van der Waals surface area (Å²) in [5, 5.41) is 0. The van der Waals surface area contributed by atoms with Crippen molar-refractivity contribution in [3.8, 4) is 5.75 Å². The molecule has 0 radical (unpaired) electrons. The molecule has 0 aliphatic carbocycles. The van der Waals surface area contributed by atoms with Crippen LogP contribution in [0.2, 0.25) is 0 Å². The summed E-state index contributed by atoms with van der Waals surface area (Å²) in [5.74, 6) is 0.795. The first kappa shape index (κ1) is 13.9. The van der Waals surface area contributed by atoms with Crippen LogP contribution in [0.1, 0.15) is 50.4 Å². The Hall–Kier alpha value is -1.51. The molecule has 1 aromatic rings. The minimum Gasteiger partial charge on any atom is -0.493 e. The number of amides is 1. The van der Waals surface area contributed by atoms with E-state index in [0.29, 0.717) is 30.0 Å². The number of rotatable bonds is 3. The number of carbonyl (C=O) groups excluding carboxylic acids is 1. The van der Waals surface area contributed by atoms with Crippen molar-refractivity contribution in [2.75, 3.05) is 6.61 Å². The molecule has 0 bridgehead atoms. The Labute approximate surface area is 115 Å². The number of hydrogen-bond acceptors (Lipinski definition) is 2. The lowest BCUT2D eigenvalue weighted by Gasteiger charge is -2.39. The van der Waals surface area contributed by atoms with Gasteiger partial charge in [-0.25, -0.2) is 0 Å². The van der Waals surface area contributed by atoms with Crippen LogP contribution in [-0.2, 0) is 0 Å². The lowest BCUT2D eigenvalue weighted by molar-refractivity contribution is 0.0507. The van der Waals surface area contributed by atoms with E-state index in [1.807, 2.05) is 36.1 Å². The zero-order chi connectivity index (χ0) is 13.8. The lowest BCUT2D eigenvalue weighted by atomic mass is 9.96. The SMILES string of the molecule is CCOc1ccccc1C(=O)N1[C@H](C)CCC[C@H]1C. The number of para-hydroxylation sites is 1. The standard InChI is InChI=1S/C16H23NO2/c1-4-19-15-11-6-5-10-14(15)16(18)17-12(2)8-7-9-13(17)3/h5-6,10-13H,4,7-9H2,1-3H3/t12-,13-/m1/s1. The molecule has 0 aromatic heterocycles. The molecule has 1 aliphatic heterocycles. The average molecular weight is 261 g/mol. The summed E-state index contributed by atoms with van der Waals surface area (Å²) in [6.07, 6.45) is 3.39. The highest BCUT2D eigenvalue weighted by molar-refractivity contribution is 5.97. The van der Waals surface area contributed by atoms with Crippen LogP contribution in [0.3, 0.4) is 0 Å². The van der Waals surface area contributed by atoms with Crippen LogP contribution in [0.5, 0.6) is 5.75 Å². The molecular weight excluding hydrogens is 238 g/mol. The maximum atomic E-state index is 12.8. The van der Waals surface area contributed by atoms with Crippen molar-refractivity contribution in [2.24, 2.45) is 0 Å². The normalized spacial score (nSPS) is 23.2. The molecule has 2 atom stereocenters. The molecule has 1 fully saturated rings. The molecule has 2 rings (SSSR count). The molecule has 1 heterocycles. The van der Waals surface area contributed by atoms with Crippen LogP contribution in [0.15, 0.2) is 24.3 Å². The van der Waals surface area contributed by atoms with Gasteiger partial charge in [0.25, 0.3) is 5.91 Å². The number of ether oxygens (including phenoxy) is 1. The van der Waals surface area contributed by atoms with Gasteiger partial charge in [0.2, 0.25) is 0 Å². The zero-order valence-corrected chi connectivity index (χ0v) is 12.1. The van der Waals surface area contributed by atoms with Crippen LogP contribution in [0, 0.1) is 0 Å². The van der Waals surface area contributed by atoms with Gasteiger partial charge in [-0.15, -0.1) is 0 Å². The summed E-state index contributed by atoms with van der Waals surface area (Å²) < 4.78 is 5.57. The van der Waals surface area contributed by atoms with Crippen molar-refractivity contribution in [1.29, 1.82) is 0 Å². The van der Waals surface area contributed by atoms with E-state index in [9.17, 15) is 4.79 Å². The third-order valence-corrected chi connectivity index (χ3v) is 3.85. The van der Waals surface area contributed by atoms with Gasteiger partial charge in [0.1, 0.15) is 5.75 Å². The summed E-state index contributed by atoms with van der Waals surface area (Å²) in [7, 11) is 0. The molecule has 0 unspecified atom stereocenters. The number of piperidine rings is 1. The van der Waals surface area contributed by atoms with Crippen LogP contribution in [0.25, 0.3) is 0 Å². The lowest BCUT2D eigenvalue weighted by Crippen LogP contribution is -2.47. The van der Waals surface area contributed by atoms with Crippen LogP contribution in [-0.4, -0.2) is 29.5 Å². The highest BCUT2D eigenvalue weighted by Crippen LogP contribution is 2.27. The summed E-state index contributed by atoms with van der Waals surface area (Å²) in [6.45, 7) is 6.79. The monoisotopic (exact) mass is 261 g/mol. The van der Waals surface area contributed by atoms with Crippen molar-refractivity contribution < 1.29 is 9.53 Å². The smallest absolute Gasteiger partial charge is 0.258 e. The van der Waals surface area contributed by atoms with Gasteiger partial charge in [-0.1, -0.05) is 12.1 Å². The second kappa shape index (κ2) is 6.09. The molecular formula is C16H23NO2. The fraction of sp³-hybridized carbons (Fsp3) is 0.562. The fourth-order valence-corrected chi connectivity index (χ4v) is 2.89. The van der Waals surface area contributed by atoms with Gasteiger partial charge in [0, 0.05) is 12.1 Å². The average Bonchev–Trinajstić information content (AvgIpc) is 2.39. The maximum absolute atomic E-state index is 12.8. The summed E-state index contributed by atoms with van der Waals surface area (Å²) in [5.41, 5.74) is 0.685. The van der Waals surface area contributed by atoms with Crippen molar-refractivity contribution in [2.45, 2.75) is 52.1 Å². The molecule has 3 nitrogen and oxygen atoms in total. The molecule has 0 N–H and O–H groups in total. The van der Waals surface area contributed by atoms with E-state index in [1.54, 1.807) is 0 Å². The van der Waals surface area contributed by atoms with Crippen LogP contribution < -0.4 is 4.74 Å². The molecule has 3 heteroatoms. The summed E-state index contributed by atoms with van der Waals surface area (Å²) in [6, 6.07) is 8.16. The van der Waals surface area contributed by atoms with E-state index in [2.05, 4.69) is 13.8 Å². The van der Waals surface area contributed by atoms with E-state index in [0.717, 1.165) is 12.8 Å². The number of likely N-dealkylation sites (tertiary alicyclic amines) is 1. The summed E-state index contributed by atoms with van der Waals surface area (Å²) >= 11 is 0. The van der Waals surface area contributed by atoms with Gasteiger partial charge in [-0.2, -0.15) is 0 Å². The van der Waals surface area contributed by atoms with Gasteiger partial charge in [0.15, 0.2) is 0 Å². The number of hydrogen-bond donors (Lipinski definition) is 0. The molecule has 1 amide bonds. The fourth-order valence-electron chi connectivity index (χ4n) is 2.89. The third-order valence-electron chi connectivity index (χ3n) is 3.85. The predicted molar refractivity (Wildman–Crippen MR) is 76.6 cm³/mol. The summed E-state index contributed by atoms with van der Waals surface area (Å²) in [4.78, 5) is 14.8. The molecule has 1 aromatic carbocycles. The minimum absolute atomic E-state index is 0.101. The molecule has 1 aliphatic rings. The van der Waals surface area contributed by atoms with Gasteiger partial charge in [0.05, 0.1) is 12.2 Å². The van der Waals surface area contributed by atoms with E-state index in [1.165, 1.54) is 6.42 Å².